The highest BCUT2D eigenvalue weighted by Crippen LogP contribution is 2.39. The second-order valence-electron chi connectivity index (χ2n) is 6.80. The fourth-order valence-corrected chi connectivity index (χ4v) is 3.24. The van der Waals surface area contributed by atoms with Gasteiger partial charge < -0.3 is 5.11 Å². The molecule has 1 rings (SSSR count). The lowest BCUT2D eigenvalue weighted by Crippen LogP contribution is -2.46. The van der Waals surface area contributed by atoms with Crippen LogP contribution >= 0.6 is 0 Å². The summed E-state index contributed by atoms with van der Waals surface area (Å²) < 4.78 is 0. The zero-order valence-corrected chi connectivity index (χ0v) is 12.6. The van der Waals surface area contributed by atoms with Gasteiger partial charge in [0.2, 0.25) is 0 Å². The number of carboxylic acid groups (broad SMARTS) is 1. The first-order chi connectivity index (χ1) is 8.27. The second kappa shape index (κ2) is 6.05. The first-order valence-corrected chi connectivity index (χ1v) is 7.22. The molecule has 0 heterocycles. The van der Waals surface area contributed by atoms with Gasteiger partial charge in [0.05, 0.1) is 0 Å². The molecule has 0 amide bonds. The Morgan fingerprint density at radius 3 is 2.11 bits per heavy atom. The Hall–Kier alpha value is -0.570. The van der Waals surface area contributed by atoms with Gasteiger partial charge in [-0.15, -0.1) is 0 Å². The Morgan fingerprint density at radius 1 is 1.28 bits per heavy atom. The van der Waals surface area contributed by atoms with Crippen LogP contribution in [0.25, 0.3) is 0 Å². The molecule has 3 nitrogen and oxygen atoms in total. The molecule has 1 saturated carbocycles. The molecule has 1 fully saturated rings. The highest BCUT2D eigenvalue weighted by atomic mass is 16.4. The van der Waals surface area contributed by atoms with Crippen LogP contribution in [0, 0.1) is 11.3 Å². The maximum atomic E-state index is 11.2. The molecule has 0 radical (unpaired) electrons. The third-order valence-electron chi connectivity index (χ3n) is 4.66. The molecule has 0 bridgehead atoms. The summed E-state index contributed by atoms with van der Waals surface area (Å²) in [6, 6.07) is 0.130. The maximum Gasteiger partial charge on any atom is 0.320 e. The van der Waals surface area contributed by atoms with Crippen molar-refractivity contribution in [3.63, 3.8) is 0 Å². The first kappa shape index (κ1) is 15.5. The summed E-state index contributed by atoms with van der Waals surface area (Å²) in [4.78, 5) is 13.3. The van der Waals surface area contributed by atoms with Crippen LogP contribution in [0.15, 0.2) is 0 Å². The lowest BCUT2D eigenvalue weighted by atomic mass is 9.71. The smallest absolute Gasteiger partial charge is 0.320 e. The summed E-state index contributed by atoms with van der Waals surface area (Å²) in [5.41, 5.74) is 0.389. The van der Waals surface area contributed by atoms with Gasteiger partial charge in [0.25, 0.3) is 0 Å². The van der Waals surface area contributed by atoms with E-state index >= 15 is 0 Å². The monoisotopic (exact) mass is 255 g/mol. The van der Waals surface area contributed by atoms with Gasteiger partial charge in [0.1, 0.15) is 6.04 Å². The summed E-state index contributed by atoms with van der Waals surface area (Å²) in [7, 11) is 1.98. The Balaban J connectivity index is 2.54. The number of carbonyl (C=O) groups is 1. The molecule has 1 N–H and O–H groups in total. The van der Waals surface area contributed by atoms with E-state index in [1.54, 1.807) is 0 Å². The molecule has 3 heteroatoms. The van der Waals surface area contributed by atoms with Gasteiger partial charge in [0, 0.05) is 6.04 Å². The van der Waals surface area contributed by atoms with Crippen LogP contribution in [0.3, 0.4) is 0 Å². The van der Waals surface area contributed by atoms with E-state index in [0.717, 1.165) is 18.8 Å². The van der Waals surface area contributed by atoms with Crippen molar-refractivity contribution in [3.05, 3.63) is 0 Å². The molecule has 0 saturated heterocycles. The minimum absolute atomic E-state index is 0.318. The summed E-state index contributed by atoms with van der Waals surface area (Å²) >= 11 is 0. The zero-order chi connectivity index (χ0) is 13.9. The van der Waals surface area contributed by atoms with Crippen LogP contribution in [0.5, 0.6) is 0 Å². The number of nitrogens with zero attached hydrogens (tertiary/aromatic N) is 1. The van der Waals surface area contributed by atoms with Crippen molar-refractivity contribution in [3.8, 4) is 0 Å². The number of hydrogen-bond donors (Lipinski definition) is 1. The standard InChI is InChI=1S/C15H29NO2/c1-6-13(14(17)18)16(5)12-9-7-11(8-10-12)15(2,3)4/h11-13H,6-10H2,1-5H3,(H,17,18). The molecule has 106 valence electrons. The van der Waals surface area contributed by atoms with E-state index in [1.807, 2.05) is 14.0 Å². The Kier molecular flexibility index (Phi) is 5.20. The third-order valence-corrected chi connectivity index (χ3v) is 4.66. The number of hydrogen-bond acceptors (Lipinski definition) is 2. The van der Waals surface area contributed by atoms with E-state index in [1.165, 1.54) is 12.8 Å². The SMILES string of the molecule is CCC(C(=O)O)N(C)C1CCC(C(C)(C)C)CC1. The van der Waals surface area contributed by atoms with Crippen molar-refractivity contribution in [2.45, 2.75) is 71.9 Å². The fraction of sp³-hybridized carbons (Fsp3) is 0.933. The van der Waals surface area contributed by atoms with Crippen LogP contribution < -0.4 is 0 Å². The van der Waals surface area contributed by atoms with Crippen molar-refractivity contribution >= 4 is 5.97 Å². The topological polar surface area (TPSA) is 40.5 Å². The van der Waals surface area contributed by atoms with E-state index in [9.17, 15) is 9.90 Å². The number of likely N-dealkylation sites (N-methyl/N-ethyl adjacent to an activating group) is 1. The van der Waals surface area contributed by atoms with E-state index in [4.69, 9.17) is 0 Å². The molecule has 0 aromatic carbocycles. The van der Waals surface area contributed by atoms with E-state index in [2.05, 4.69) is 25.7 Å². The van der Waals surface area contributed by atoms with Crippen molar-refractivity contribution in [2.24, 2.45) is 11.3 Å². The molecule has 1 atom stereocenters. The molecule has 0 aromatic rings. The summed E-state index contributed by atoms with van der Waals surface area (Å²) in [5, 5.41) is 9.21. The predicted octanol–water partition coefficient (Wildman–Crippen LogP) is 3.39. The van der Waals surface area contributed by atoms with Gasteiger partial charge in [-0.3, -0.25) is 9.69 Å². The van der Waals surface area contributed by atoms with Gasteiger partial charge >= 0.3 is 5.97 Å². The molecule has 0 spiro atoms. The average Bonchev–Trinajstić information content (AvgIpc) is 2.28. The van der Waals surface area contributed by atoms with Gasteiger partial charge in [0.15, 0.2) is 0 Å². The quantitative estimate of drug-likeness (QED) is 0.837. The van der Waals surface area contributed by atoms with Crippen molar-refractivity contribution in [1.82, 2.24) is 4.90 Å². The molecule has 18 heavy (non-hydrogen) atoms. The van der Waals surface area contributed by atoms with Gasteiger partial charge in [-0.2, -0.15) is 0 Å². The molecule has 0 aromatic heterocycles. The van der Waals surface area contributed by atoms with Gasteiger partial charge in [-0.1, -0.05) is 27.7 Å². The molecular formula is C15H29NO2. The highest BCUT2D eigenvalue weighted by molar-refractivity contribution is 5.73. The van der Waals surface area contributed by atoms with Crippen LogP contribution in [0.4, 0.5) is 0 Å². The lowest BCUT2D eigenvalue weighted by Gasteiger charge is -2.41. The molecule has 0 aliphatic heterocycles. The summed E-state index contributed by atoms with van der Waals surface area (Å²) in [6.45, 7) is 8.89. The largest absolute Gasteiger partial charge is 0.480 e. The first-order valence-electron chi connectivity index (χ1n) is 7.22. The maximum absolute atomic E-state index is 11.2. The van der Waals surface area contributed by atoms with Gasteiger partial charge in [-0.25, -0.2) is 0 Å². The van der Waals surface area contributed by atoms with E-state index in [-0.39, 0.29) is 6.04 Å². The number of rotatable bonds is 4. The summed E-state index contributed by atoms with van der Waals surface area (Å²) in [6.07, 6.45) is 5.43. The number of carboxylic acids is 1. The van der Waals surface area contributed by atoms with Crippen LogP contribution in [0.2, 0.25) is 0 Å². The third kappa shape index (κ3) is 3.71. The Labute approximate surface area is 112 Å². The Bertz CT molecular complexity index is 275. The molecule has 1 aliphatic rings. The summed E-state index contributed by atoms with van der Waals surface area (Å²) in [5.74, 6) is 0.102. The minimum Gasteiger partial charge on any atom is -0.480 e. The minimum atomic E-state index is -0.682. The van der Waals surface area contributed by atoms with Crippen LogP contribution in [0.1, 0.15) is 59.8 Å². The van der Waals surface area contributed by atoms with Crippen LogP contribution in [-0.2, 0) is 4.79 Å². The van der Waals surface area contributed by atoms with E-state index < -0.39 is 5.97 Å². The van der Waals surface area contributed by atoms with Crippen LogP contribution in [-0.4, -0.2) is 35.1 Å². The molecular weight excluding hydrogens is 226 g/mol. The van der Waals surface area contributed by atoms with Crippen molar-refractivity contribution < 1.29 is 9.90 Å². The highest BCUT2D eigenvalue weighted by Gasteiger charge is 2.33. The molecule has 1 aliphatic carbocycles. The predicted molar refractivity (Wildman–Crippen MR) is 74.7 cm³/mol. The fourth-order valence-electron chi connectivity index (χ4n) is 3.24. The van der Waals surface area contributed by atoms with E-state index in [0.29, 0.717) is 17.9 Å². The van der Waals surface area contributed by atoms with Crippen molar-refractivity contribution in [2.75, 3.05) is 7.05 Å². The Morgan fingerprint density at radius 2 is 1.78 bits per heavy atom. The zero-order valence-electron chi connectivity index (χ0n) is 12.6. The normalized spacial score (nSPS) is 27.2. The van der Waals surface area contributed by atoms with Crippen molar-refractivity contribution in [1.29, 1.82) is 0 Å². The van der Waals surface area contributed by atoms with Gasteiger partial charge in [-0.05, 0) is 50.5 Å². The average molecular weight is 255 g/mol. The second-order valence-corrected chi connectivity index (χ2v) is 6.80. The number of aliphatic carboxylic acids is 1. The lowest BCUT2D eigenvalue weighted by molar-refractivity contribution is -0.144. The molecule has 1 unspecified atom stereocenters.